The fourth-order valence-electron chi connectivity index (χ4n) is 1.93. The lowest BCUT2D eigenvalue weighted by Gasteiger charge is -2.20. The summed E-state index contributed by atoms with van der Waals surface area (Å²) in [5, 5.41) is 12.6. The molecule has 2 N–H and O–H groups in total. The van der Waals surface area contributed by atoms with E-state index in [4.69, 9.17) is 4.74 Å². The average molecular weight is 300 g/mol. The smallest absolute Gasteiger partial charge is 0.257 e. The van der Waals surface area contributed by atoms with Gasteiger partial charge in [0.2, 0.25) is 5.88 Å². The molecule has 116 valence electrons. The molecule has 1 aromatic heterocycles. The Morgan fingerprint density at radius 3 is 2.50 bits per heavy atom. The van der Waals surface area contributed by atoms with Gasteiger partial charge in [0.15, 0.2) is 0 Å². The van der Waals surface area contributed by atoms with Gasteiger partial charge in [-0.25, -0.2) is 4.98 Å². The first-order valence-electron chi connectivity index (χ1n) is 6.96. The van der Waals surface area contributed by atoms with Crippen molar-refractivity contribution in [1.29, 1.82) is 0 Å². The van der Waals surface area contributed by atoms with Crippen molar-refractivity contribution < 1.29 is 14.6 Å². The van der Waals surface area contributed by atoms with E-state index < -0.39 is 0 Å². The first-order valence-corrected chi connectivity index (χ1v) is 6.96. The molecular formula is C17H20N2O3. The van der Waals surface area contributed by atoms with Crippen molar-refractivity contribution >= 4 is 11.6 Å². The number of carbonyl (C=O) groups excluding carboxylic acids is 1. The first-order chi connectivity index (χ1) is 10.3. The second-order valence-corrected chi connectivity index (χ2v) is 6.03. The highest BCUT2D eigenvalue weighted by molar-refractivity contribution is 6.04. The summed E-state index contributed by atoms with van der Waals surface area (Å²) in [7, 11) is 1.51. The third kappa shape index (κ3) is 3.55. The number of anilines is 1. The van der Waals surface area contributed by atoms with Gasteiger partial charge in [-0.2, -0.15) is 0 Å². The van der Waals surface area contributed by atoms with Crippen molar-refractivity contribution in [2.45, 2.75) is 26.2 Å². The number of rotatable bonds is 3. The Labute approximate surface area is 130 Å². The maximum atomic E-state index is 12.2. The van der Waals surface area contributed by atoms with Crippen LogP contribution in [0.15, 0.2) is 36.5 Å². The van der Waals surface area contributed by atoms with Gasteiger partial charge in [-0.05, 0) is 29.2 Å². The maximum absolute atomic E-state index is 12.2. The van der Waals surface area contributed by atoms with Crippen LogP contribution in [0.1, 0.15) is 36.7 Å². The number of benzene rings is 1. The normalized spacial score (nSPS) is 11.1. The van der Waals surface area contributed by atoms with Crippen molar-refractivity contribution in [1.82, 2.24) is 4.98 Å². The Hall–Kier alpha value is -2.56. The third-order valence-electron chi connectivity index (χ3n) is 3.32. The van der Waals surface area contributed by atoms with Crippen LogP contribution in [0.25, 0.3) is 0 Å². The summed E-state index contributed by atoms with van der Waals surface area (Å²) in [6, 6.07) is 8.44. The quantitative estimate of drug-likeness (QED) is 0.853. The molecule has 0 aliphatic heterocycles. The van der Waals surface area contributed by atoms with Gasteiger partial charge in [-0.1, -0.05) is 26.8 Å². The number of methoxy groups -OCH3 is 1. The molecule has 2 rings (SSSR count). The van der Waals surface area contributed by atoms with Crippen LogP contribution >= 0.6 is 0 Å². The van der Waals surface area contributed by atoms with Gasteiger partial charge in [0, 0.05) is 12.3 Å². The van der Waals surface area contributed by atoms with Crippen LogP contribution in [0, 0.1) is 0 Å². The molecule has 0 aliphatic rings. The zero-order valence-electron chi connectivity index (χ0n) is 13.2. The number of hydrogen-bond donors (Lipinski definition) is 2. The van der Waals surface area contributed by atoms with E-state index in [1.165, 1.54) is 13.3 Å². The molecule has 5 heteroatoms. The second-order valence-electron chi connectivity index (χ2n) is 6.03. The summed E-state index contributed by atoms with van der Waals surface area (Å²) >= 11 is 0. The number of nitrogens with zero attached hydrogens (tertiary/aromatic N) is 1. The summed E-state index contributed by atoms with van der Waals surface area (Å²) in [5.41, 5.74) is 1.72. The average Bonchev–Trinajstić information content (AvgIpc) is 2.48. The number of ether oxygens (including phenoxy) is 1. The second kappa shape index (κ2) is 6.05. The van der Waals surface area contributed by atoms with Crippen LogP contribution in [0.4, 0.5) is 5.69 Å². The predicted molar refractivity (Wildman–Crippen MR) is 85.5 cm³/mol. The van der Waals surface area contributed by atoms with Crippen molar-refractivity contribution in [2.24, 2.45) is 0 Å². The van der Waals surface area contributed by atoms with Crippen LogP contribution in [0.5, 0.6) is 11.6 Å². The number of aromatic hydroxyl groups is 1. The topological polar surface area (TPSA) is 71.5 Å². The number of pyridine rings is 1. The lowest BCUT2D eigenvalue weighted by molar-refractivity contribution is 0.102. The molecule has 0 fully saturated rings. The summed E-state index contributed by atoms with van der Waals surface area (Å²) < 4.78 is 4.96. The van der Waals surface area contributed by atoms with E-state index in [2.05, 4.69) is 31.1 Å². The molecule has 22 heavy (non-hydrogen) atoms. The third-order valence-corrected chi connectivity index (χ3v) is 3.32. The molecule has 1 amide bonds. The number of hydrogen-bond acceptors (Lipinski definition) is 4. The van der Waals surface area contributed by atoms with Crippen LogP contribution in [0.2, 0.25) is 0 Å². The maximum Gasteiger partial charge on any atom is 0.257 e. The lowest BCUT2D eigenvalue weighted by atomic mass is 9.87. The molecule has 0 unspecified atom stereocenters. The zero-order valence-corrected chi connectivity index (χ0v) is 13.2. The number of carbonyl (C=O) groups is 1. The summed E-state index contributed by atoms with van der Waals surface area (Å²) in [4.78, 5) is 16.2. The highest BCUT2D eigenvalue weighted by Crippen LogP contribution is 2.31. The SMILES string of the molecule is COc1ccc(C(=O)Nc2cc(C(C)(C)C)ccc2O)cn1. The van der Waals surface area contributed by atoms with Crippen LogP contribution in [-0.2, 0) is 5.41 Å². The van der Waals surface area contributed by atoms with E-state index in [0.717, 1.165) is 5.56 Å². The Morgan fingerprint density at radius 1 is 1.23 bits per heavy atom. The molecule has 0 spiro atoms. The van der Waals surface area contributed by atoms with E-state index >= 15 is 0 Å². The first kappa shape index (κ1) is 15.8. The van der Waals surface area contributed by atoms with Crippen LogP contribution in [-0.4, -0.2) is 23.1 Å². The summed E-state index contributed by atoms with van der Waals surface area (Å²) in [5.74, 6) is 0.133. The Morgan fingerprint density at radius 2 is 1.95 bits per heavy atom. The van der Waals surface area contributed by atoms with E-state index in [1.807, 2.05) is 6.07 Å². The molecule has 0 saturated carbocycles. The minimum Gasteiger partial charge on any atom is -0.506 e. The molecule has 0 aliphatic carbocycles. The molecule has 1 aromatic carbocycles. The van der Waals surface area contributed by atoms with Crippen LogP contribution < -0.4 is 10.1 Å². The highest BCUT2D eigenvalue weighted by Gasteiger charge is 2.17. The minimum absolute atomic E-state index is 0.0304. The zero-order chi connectivity index (χ0) is 16.3. The molecule has 0 bridgehead atoms. The molecule has 2 aromatic rings. The van der Waals surface area contributed by atoms with Gasteiger partial charge >= 0.3 is 0 Å². The number of phenols is 1. The van der Waals surface area contributed by atoms with E-state index in [9.17, 15) is 9.90 Å². The monoisotopic (exact) mass is 300 g/mol. The molecule has 0 radical (unpaired) electrons. The van der Waals surface area contributed by atoms with Gasteiger partial charge in [0.1, 0.15) is 5.75 Å². The highest BCUT2D eigenvalue weighted by atomic mass is 16.5. The van der Waals surface area contributed by atoms with Gasteiger partial charge in [0.25, 0.3) is 5.91 Å². The summed E-state index contributed by atoms with van der Waals surface area (Å²) in [6.45, 7) is 6.20. The summed E-state index contributed by atoms with van der Waals surface area (Å²) in [6.07, 6.45) is 1.43. The van der Waals surface area contributed by atoms with Gasteiger partial charge < -0.3 is 15.2 Å². The number of nitrogens with one attached hydrogen (secondary N) is 1. The standard InChI is InChI=1S/C17H20N2O3/c1-17(2,3)12-6-7-14(20)13(9-12)19-16(21)11-5-8-15(22-4)18-10-11/h5-10,20H,1-4H3,(H,19,21). The van der Waals surface area contributed by atoms with Crippen LogP contribution in [0.3, 0.4) is 0 Å². The Kier molecular flexibility index (Phi) is 4.35. The molecule has 0 saturated heterocycles. The minimum atomic E-state index is -0.337. The lowest BCUT2D eigenvalue weighted by Crippen LogP contribution is -2.15. The molecular weight excluding hydrogens is 280 g/mol. The molecule has 0 atom stereocenters. The van der Waals surface area contributed by atoms with Crippen molar-refractivity contribution in [3.8, 4) is 11.6 Å². The number of amides is 1. The Balaban J connectivity index is 2.23. The van der Waals surface area contributed by atoms with Gasteiger partial charge in [0.05, 0.1) is 18.4 Å². The van der Waals surface area contributed by atoms with Crippen molar-refractivity contribution in [3.63, 3.8) is 0 Å². The predicted octanol–water partition coefficient (Wildman–Crippen LogP) is 3.35. The van der Waals surface area contributed by atoms with Gasteiger partial charge in [-0.3, -0.25) is 4.79 Å². The number of aromatic nitrogens is 1. The van der Waals surface area contributed by atoms with E-state index in [-0.39, 0.29) is 17.1 Å². The van der Waals surface area contributed by atoms with E-state index in [1.54, 1.807) is 24.3 Å². The Bertz CT molecular complexity index is 673. The molecule has 1 heterocycles. The largest absolute Gasteiger partial charge is 0.506 e. The molecule has 5 nitrogen and oxygen atoms in total. The number of phenolic OH excluding ortho intramolecular Hbond substituents is 1. The van der Waals surface area contributed by atoms with Crippen molar-refractivity contribution in [3.05, 3.63) is 47.7 Å². The van der Waals surface area contributed by atoms with Gasteiger partial charge in [-0.15, -0.1) is 0 Å². The fraction of sp³-hybridized carbons (Fsp3) is 0.294. The van der Waals surface area contributed by atoms with Crippen molar-refractivity contribution in [2.75, 3.05) is 12.4 Å². The van der Waals surface area contributed by atoms with E-state index in [0.29, 0.717) is 17.1 Å². The fourth-order valence-corrected chi connectivity index (χ4v) is 1.93.